The maximum Gasteiger partial charge on any atom is 0.244 e. The minimum Gasteiger partial charge on any atom is -0.489 e. The summed E-state index contributed by atoms with van der Waals surface area (Å²) in [4.78, 5) is 28.4. The highest BCUT2D eigenvalue weighted by Gasteiger charge is 2.31. The summed E-state index contributed by atoms with van der Waals surface area (Å²) in [6.45, 7) is 1.60. The monoisotopic (exact) mass is 597 g/mol. The van der Waals surface area contributed by atoms with Crippen LogP contribution in [0.1, 0.15) is 43.7 Å². The van der Waals surface area contributed by atoms with Crippen molar-refractivity contribution in [3.8, 4) is 5.75 Å². The molecule has 1 aliphatic carbocycles. The molecule has 41 heavy (non-hydrogen) atoms. The number of benzene rings is 3. The van der Waals surface area contributed by atoms with Crippen LogP contribution in [0.3, 0.4) is 0 Å². The van der Waals surface area contributed by atoms with E-state index in [0.29, 0.717) is 28.6 Å². The Morgan fingerprint density at radius 1 is 0.976 bits per heavy atom. The number of sulfonamides is 1. The van der Waals surface area contributed by atoms with Crippen molar-refractivity contribution in [3.05, 3.63) is 95.0 Å². The van der Waals surface area contributed by atoms with Crippen LogP contribution >= 0.6 is 11.6 Å². The molecule has 1 N–H and O–H groups in total. The first-order valence-electron chi connectivity index (χ1n) is 13.7. The lowest BCUT2D eigenvalue weighted by molar-refractivity contribution is -0.139. The van der Waals surface area contributed by atoms with Gasteiger partial charge in [-0.05, 0) is 61.2 Å². The summed E-state index contributed by atoms with van der Waals surface area (Å²) in [6, 6.07) is 22.6. The smallest absolute Gasteiger partial charge is 0.244 e. The molecule has 1 atom stereocenters. The Morgan fingerprint density at radius 2 is 1.61 bits per heavy atom. The Morgan fingerprint density at radius 3 is 2.24 bits per heavy atom. The molecule has 1 saturated carbocycles. The fraction of sp³-hybridized carbons (Fsp3) is 0.355. The zero-order valence-electron chi connectivity index (χ0n) is 23.3. The molecule has 0 heterocycles. The number of hydrogen-bond acceptors (Lipinski definition) is 5. The third-order valence-corrected chi connectivity index (χ3v) is 8.73. The van der Waals surface area contributed by atoms with Crippen LogP contribution in [-0.2, 0) is 32.8 Å². The van der Waals surface area contributed by atoms with Gasteiger partial charge in [0.25, 0.3) is 0 Å². The van der Waals surface area contributed by atoms with Crippen molar-refractivity contribution in [2.45, 2.75) is 57.8 Å². The number of halogens is 1. The van der Waals surface area contributed by atoms with Crippen LogP contribution in [0.2, 0.25) is 5.02 Å². The minimum absolute atomic E-state index is 0.0572. The maximum absolute atomic E-state index is 13.8. The number of anilines is 1. The summed E-state index contributed by atoms with van der Waals surface area (Å²) in [7, 11) is -3.84. The second-order valence-electron chi connectivity index (χ2n) is 10.3. The number of ether oxygens (including phenoxy) is 1. The predicted molar refractivity (Wildman–Crippen MR) is 161 cm³/mol. The summed E-state index contributed by atoms with van der Waals surface area (Å²) in [6.07, 6.45) is 4.98. The summed E-state index contributed by atoms with van der Waals surface area (Å²) in [5.74, 6) is -0.230. The van der Waals surface area contributed by atoms with Crippen LogP contribution in [0.5, 0.6) is 5.75 Å². The van der Waals surface area contributed by atoms with Gasteiger partial charge in [-0.3, -0.25) is 13.9 Å². The number of carbonyl (C=O) groups is 2. The molecule has 4 rings (SSSR count). The molecule has 8 nitrogen and oxygen atoms in total. The van der Waals surface area contributed by atoms with E-state index in [1.54, 1.807) is 55.5 Å². The van der Waals surface area contributed by atoms with Crippen LogP contribution < -0.4 is 14.4 Å². The van der Waals surface area contributed by atoms with Crippen molar-refractivity contribution in [1.82, 2.24) is 10.2 Å². The van der Waals surface area contributed by atoms with Gasteiger partial charge in [0.1, 0.15) is 24.9 Å². The van der Waals surface area contributed by atoms with E-state index in [0.717, 1.165) is 41.8 Å². The Hall–Kier alpha value is -3.56. The minimum atomic E-state index is -3.84. The van der Waals surface area contributed by atoms with Crippen molar-refractivity contribution >= 4 is 39.1 Å². The van der Waals surface area contributed by atoms with Crippen LogP contribution in [0.15, 0.2) is 78.9 Å². The summed E-state index contributed by atoms with van der Waals surface area (Å²) >= 11 is 6.39. The van der Waals surface area contributed by atoms with E-state index >= 15 is 0 Å². The van der Waals surface area contributed by atoms with Gasteiger partial charge in [0, 0.05) is 17.6 Å². The van der Waals surface area contributed by atoms with Crippen molar-refractivity contribution in [1.29, 1.82) is 0 Å². The molecule has 0 radical (unpaired) electrons. The lowest BCUT2D eigenvalue weighted by Gasteiger charge is -2.32. The van der Waals surface area contributed by atoms with Crippen LogP contribution in [0.25, 0.3) is 0 Å². The summed E-state index contributed by atoms with van der Waals surface area (Å²) < 4.78 is 32.6. The number of nitrogens with zero attached hydrogens (tertiary/aromatic N) is 2. The Bertz CT molecular complexity index is 1430. The van der Waals surface area contributed by atoms with Gasteiger partial charge in [0.2, 0.25) is 21.8 Å². The van der Waals surface area contributed by atoms with E-state index in [4.69, 9.17) is 16.3 Å². The number of rotatable bonds is 12. The SMILES string of the molecule is CC(C(=O)NC1CCCC1)N(Cc1ccccc1Cl)C(=O)CN(c1ccc(OCc2ccccc2)cc1)S(C)(=O)=O. The van der Waals surface area contributed by atoms with Gasteiger partial charge in [-0.15, -0.1) is 0 Å². The van der Waals surface area contributed by atoms with Crippen LogP contribution in [0.4, 0.5) is 5.69 Å². The van der Waals surface area contributed by atoms with Crippen molar-refractivity contribution in [3.63, 3.8) is 0 Å². The molecule has 0 bridgehead atoms. The largest absolute Gasteiger partial charge is 0.489 e. The summed E-state index contributed by atoms with van der Waals surface area (Å²) in [5.41, 5.74) is 1.98. The zero-order valence-corrected chi connectivity index (χ0v) is 24.9. The van der Waals surface area contributed by atoms with Gasteiger partial charge in [0.15, 0.2) is 0 Å². The van der Waals surface area contributed by atoms with Crippen molar-refractivity contribution < 1.29 is 22.7 Å². The van der Waals surface area contributed by atoms with Gasteiger partial charge in [-0.2, -0.15) is 0 Å². The van der Waals surface area contributed by atoms with E-state index in [-0.39, 0.29) is 18.5 Å². The van der Waals surface area contributed by atoms with Crippen molar-refractivity contribution in [2.75, 3.05) is 17.1 Å². The molecule has 0 saturated heterocycles. The zero-order chi connectivity index (χ0) is 29.4. The molecular formula is C31H36ClN3O5S. The fourth-order valence-corrected chi connectivity index (χ4v) is 5.89. The van der Waals surface area contributed by atoms with Gasteiger partial charge in [0.05, 0.1) is 11.9 Å². The molecule has 1 aliphatic rings. The number of amides is 2. The third kappa shape index (κ3) is 8.47. The van der Waals surface area contributed by atoms with Crippen LogP contribution in [0, 0.1) is 0 Å². The molecule has 3 aromatic carbocycles. The lowest BCUT2D eigenvalue weighted by Crippen LogP contribution is -2.52. The number of nitrogens with one attached hydrogen (secondary N) is 1. The van der Waals surface area contributed by atoms with Gasteiger partial charge in [-0.25, -0.2) is 8.42 Å². The molecule has 3 aromatic rings. The Labute approximate surface area is 247 Å². The van der Waals surface area contributed by atoms with E-state index < -0.39 is 28.5 Å². The molecular weight excluding hydrogens is 562 g/mol. The Balaban J connectivity index is 1.53. The average Bonchev–Trinajstić information content (AvgIpc) is 3.47. The van der Waals surface area contributed by atoms with Gasteiger partial charge >= 0.3 is 0 Å². The molecule has 1 fully saturated rings. The highest BCUT2D eigenvalue weighted by molar-refractivity contribution is 7.92. The molecule has 2 amide bonds. The van der Waals surface area contributed by atoms with Gasteiger partial charge in [-0.1, -0.05) is 73.0 Å². The third-order valence-electron chi connectivity index (χ3n) is 7.22. The molecule has 0 aromatic heterocycles. The quantitative estimate of drug-likeness (QED) is 0.311. The van der Waals surface area contributed by atoms with Crippen LogP contribution in [-0.4, -0.2) is 50.0 Å². The fourth-order valence-electron chi connectivity index (χ4n) is 4.85. The normalized spacial score (nSPS) is 14.3. The highest BCUT2D eigenvalue weighted by Crippen LogP contribution is 2.24. The Kier molecular flexibility index (Phi) is 10.3. The standard InChI is InChI=1S/C31H36ClN3O5S/c1-23(31(37)33-26-13-7-8-14-26)34(20-25-12-6-9-15-29(25)32)30(36)21-35(41(2,38)39)27-16-18-28(19-17-27)40-22-24-10-4-3-5-11-24/h3-6,9-12,15-19,23,26H,7-8,13-14,20-22H2,1-2H3,(H,33,37). The lowest BCUT2D eigenvalue weighted by atomic mass is 10.1. The predicted octanol–water partition coefficient (Wildman–Crippen LogP) is 5.16. The molecule has 0 aliphatic heterocycles. The topological polar surface area (TPSA) is 96.0 Å². The maximum atomic E-state index is 13.8. The second-order valence-corrected chi connectivity index (χ2v) is 12.6. The molecule has 0 spiro atoms. The van der Waals surface area contributed by atoms with Gasteiger partial charge < -0.3 is 15.0 Å². The number of carbonyl (C=O) groups excluding carboxylic acids is 2. The van der Waals surface area contributed by atoms with E-state index in [9.17, 15) is 18.0 Å². The average molecular weight is 598 g/mol. The summed E-state index contributed by atoms with van der Waals surface area (Å²) in [5, 5.41) is 3.51. The molecule has 218 valence electrons. The van der Waals surface area contributed by atoms with E-state index in [2.05, 4.69) is 5.32 Å². The highest BCUT2D eigenvalue weighted by atomic mass is 35.5. The first-order valence-corrected chi connectivity index (χ1v) is 15.9. The van der Waals surface area contributed by atoms with E-state index in [1.807, 2.05) is 30.3 Å². The first kappa shape index (κ1) is 30.4. The molecule has 10 heteroatoms. The molecule has 1 unspecified atom stereocenters. The first-order chi connectivity index (χ1) is 19.6. The van der Waals surface area contributed by atoms with E-state index in [1.165, 1.54) is 4.90 Å². The second kappa shape index (κ2) is 13.9. The van der Waals surface area contributed by atoms with Crippen molar-refractivity contribution in [2.24, 2.45) is 0 Å². The number of hydrogen-bond donors (Lipinski definition) is 1.